The van der Waals surface area contributed by atoms with Crippen molar-refractivity contribution in [1.29, 1.82) is 0 Å². The number of nitrogens with zero attached hydrogens (tertiary/aromatic N) is 1. The van der Waals surface area contributed by atoms with Crippen LogP contribution in [0, 0.1) is 0 Å². The number of hydrogen-bond acceptors (Lipinski definition) is 3. The van der Waals surface area contributed by atoms with Crippen molar-refractivity contribution in [3.63, 3.8) is 0 Å². The van der Waals surface area contributed by atoms with Gasteiger partial charge in [0.1, 0.15) is 12.3 Å². The van der Waals surface area contributed by atoms with Crippen molar-refractivity contribution >= 4 is 11.9 Å². The fourth-order valence-corrected chi connectivity index (χ4v) is 2.14. The van der Waals surface area contributed by atoms with Crippen LogP contribution in [0.5, 0.6) is 0 Å². The maximum Gasteiger partial charge on any atom is 0.323 e. The van der Waals surface area contributed by atoms with E-state index < -0.39 is 5.97 Å². The Morgan fingerprint density at radius 3 is 2.52 bits per heavy atom. The van der Waals surface area contributed by atoms with Crippen molar-refractivity contribution in [3.05, 3.63) is 59.5 Å². The lowest BCUT2D eigenvalue weighted by Gasteiger charge is -2.20. The molecule has 5 nitrogen and oxygen atoms in total. The molecule has 110 valence electrons. The van der Waals surface area contributed by atoms with E-state index in [0.717, 1.165) is 5.56 Å². The van der Waals surface area contributed by atoms with Crippen LogP contribution in [0.3, 0.4) is 0 Å². The van der Waals surface area contributed by atoms with E-state index in [1.54, 1.807) is 6.07 Å². The molecule has 0 spiro atoms. The number of carbonyl (C=O) groups is 2. The molecule has 1 N–H and O–H groups in total. The molecule has 0 aliphatic carbocycles. The largest absolute Gasteiger partial charge is 0.480 e. The van der Waals surface area contributed by atoms with Gasteiger partial charge >= 0.3 is 5.97 Å². The summed E-state index contributed by atoms with van der Waals surface area (Å²) in [6, 6.07) is 10.9. The standard InChI is InChI=1S/C16H17NO4/c1-2-14-13(8-9-21-14)16(20)17(11-15(18)19)10-12-6-4-3-5-7-12/h3-9H,2,10-11H2,1H3,(H,18,19). The molecule has 0 radical (unpaired) electrons. The number of carbonyl (C=O) groups excluding carboxylic acids is 1. The van der Waals surface area contributed by atoms with Crippen molar-refractivity contribution < 1.29 is 19.1 Å². The Hall–Kier alpha value is -2.56. The van der Waals surface area contributed by atoms with Crippen LogP contribution in [0.2, 0.25) is 0 Å². The molecule has 1 heterocycles. The smallest absolute Gasteiger partial charge is 0.323 e. The van der Waals surface area contributed by atoms with Crippen molar-refractivity contribution in [2.45, 2.75) is 19.9 Å². The Labute approximate surface area is 122 Å². The molecule has 5 heteroatoms. The lowest BCUT2D eigenvalue weighted by atomic mass is 10.1. The zero-order valence-corrected chi connectivity index (χ0v) is 11.8. The number of amides is 1. The molecule has 0 saturated heterocycles. The molecule has 0 unspecified atom stereocenters. The van der Waals surface area contributed by atoms with Gasteiger partial charge in [0.25, 0.3) is 5.91 Å². The van der Waals surface area contributed by atoms with Crippen LogP contribution < -0.4 is 0 Å². The molecule has 1 aromatic heterocycles. The van der Waals surface area contributed by atoms with Gasteiger partial charge in [-0.1, -0.05) is 37.3 Å². The van der Waals surface area contributed by atoms with Gasteiger partial charge in [-0.3, -0.25) is 9.59 Å². The SMILES string of the molecule is CCc1occc1C(=O)N(CC(=O)O)Cc1ccccc1. The highest BCUT2D eigenvalue weighted by molar-refractivity contribution is 5.96. The first kappa shape index (κ1) is 14.8. The number of carboxylic acids is 1. The van der Waals surface area contributed by atoms with E-state index in [1.807, 2.05) is 37.3 Å². The van der Waals surface area contributed by atoms with E-state index >= 15 is 0 Å². The molecule has 2 aromatic rings. The lowest BCUT2D eigenvalue weighted by Crippen LogP contribution is -2.35. The summed E-state index contributed by atoms with van der Waals surface area (Å²) in [7, 11) is 0. The first-order chi connectivity index (χ1) is 10.1. The average Bonchev–Trinajstić information content (AvgIpc) is 2.95. The van der Waals surface area contributed by atoms with Gasteiger partial charge in [0, 0.05) is 13.0 Å². The van der Waals surface area contributed by atoms with Crippen LogP contribution in [-0.2, 0) is 17.8 Å². The summed E-state index contributed by atoms with van der Waals surface area (Å²) in [4.78, 5) is 24.8. The molecule has 0 aliphatic rings. The Morgan fingerprint density at radius 1 is 1.19 bits per heavy atom. The van der Waals surface area contributed by atoms with Crippen LogP contribution in [0.25, 0.3) is 0 Å². The fraction of sp³-hybridized carbons (Fsp3) is 0.250. The highest BCUT2D eigenvalue weighted by atomic mass is 16.4. The minimum absolute atomic E-state index is 0.250. The number of furan rings is 1. The molecular weight excluding hydrogens is 270 g/mol. The Bertz CT molecular complexity index is 618. The number of carboxylic acid groups (broad SMARTS) is 1. The number of aliphatic carboxylic acids is 1. The molecule has 1 amide bonds. The third kappa shape index (κ3) is 3.72. The monoisotopic (exact) mass is 287 g/mol. The van der Waals surface area contributed by atoms with Gasteiger partial charge in [0.05, 0.1) is 11.8 Å². The zero-order valence-electron chi connectivity index (χ0n) is 11.8. The van der Waals surface area contributed by atoms with Crippen LogP contribution in [0.1, 0.15) is 28.6 Å². The molecule has 21 heavy (non-hydrogen) atoms. The summed E-state index contributed by atoms with van der Waals surface area (Å²) >= 11 is 0. The van der Waals surface area contributed by atoms with E-state index in [1.165, 1.54) is 11.2 Å². The number of hydrogen-bond donors (Lipinski definition) is 1. The third-order valence-corrected chi connectivity index (χ3v) is 3.13. The highest BCUT2D eigenvalue weighted by Crippen LogP contribution is 2.16. The third-order valence-electron chi connectivity index (χ3n) is 3.13. The van der Waals surface area contributed by atoms with E-state index in [4.69, 9.17) is 9.52 Å². The van der Waals surface area contributed by atoms with E-state index in [-0.39, 0.29) is 19.0 Å². The van der Waals surface area contributed by atoms with E-state index in [2.05, 4.69) is 0 Å². The van der Waals surface area contributed by atoms with Crippen LogP contribution in [0.4, 0.5) is 0 Å². The second-order valence-corrected chi connectivity index (χ2v) is 4.65. The van der Waals surface area contributed by atoms with Gasteiger partial charge < -0.3 is 14.4 Å². The quantitative estimate of drug-likeness (QED) is 0.886. The molecule has 0 bridgehead atoms. The van der Waals surface area contributed by atoms with Gasteiger partial charge in [-0.25, -0.2) is 0 Å². The summed E-state index contributed by atoms with van der Waals surface area (Å²) < 4.78 is 5.25. The van der Waals surface area contributed by atoms with Crippen LogP contribution in [-0.4, -0.2) is 28.4 Å². The molecule has 0 fully saturated rings. The molecule has 2 rings (SSSR count). The normalized spacial score (nSPS) is 10.3. The minimum atomic E-state index is -1.04. The second-order valence-electron chi connectivity index (χ2n) is 4.65. The van der Waals surface area contributed by atoms with Crippen molar-refractivity contribution in [2.24, 2.45) is 0 Å². The number of rotatable bonds is 6. The van der Waals surface area contributed by atoms with Gasteiger partial charge in [-0.2, -0.15) is 0 Å². The maximum atomic E-state index is 12.5. The second kappa shape index (κ2) is 6.74. The summed E-state index contributed by atoms with van der Waals surface area (Å²) in [5.41, 5.74) is 1.31. The summed E-state index contributed by atoms with van der Waals surface area (Å²) in [6.45, 7) is 1.79. The minimum Gasteiger partial charge on any atom is -0.480 e. The van der Waals surface area contributed by atoms with Crippen molar-refractivity contribution in [2.75, 3.05) is 6.54 Å². The van der Waals surface area contributed by atoms with E-state index in [0.29, 0.717) is 17.7 Å². The van der Waals surface area contributed by atoms with Gasteiger partial charge in [0.15, 0.2) is 0 Å². The lowest BCUT2D eigenvalue weighted by molar-refractivity contribution is -0.137. The zero-order chi connectivity index (χ0) is 15.2. The maximum absolute atomic E-state index is 12.5. The van der Waals surface area contributed by atoms with Gasteiger partial charge in [-0.15, -0.1) is 0 Å². The first-order valence-corrected chi connectivity index (χ1v) is 6.73. The van der Waals surface area contributed by atoms with Crippen molar-refractivity contribution in [1.82, 2.24) is 4.90 Å². The first-order valence-electron chi connectivity index (χ1n) is 6.73. The Balaban J connectivity index is 2.23. The molecule has 0 saturated carbocycles. The topological polar surface area (TPSA) is 70.8 Å². The number of benzene rings is 1. The summed E-state index contributed by atoms with van der Waals surface area (Å²) in [5.74, 6) is -0.795. The van der Waals surface area contributed by atoms with Gasteiger partial charge in [0.2, 0.25) is 0 Å². The van der Waals surface area contributed by atoms with Crippen LogP contribution in [0.15, 0.2) is 47.1 Å². The predicted octanol–water partition coefficient (Wildman–Crippen LogP) is 2.57. The summed E-state index contributed by atoms with van der Waals surface area (Å²) in [5, 5.41) is 9.02. The Kier molecular flexibility index (Phi) is 4.77. The highest BCUT2D eigenvalue weighted by Gasteiger charge is 2.22. The Morgan fingerprint density at radius 2 is 1.90 bits per heavy atom. The van der Waals surface area contributed by atoms with E-state index in [9.17, 15) is 9.59 Å². The fourth-order valence-electron chi connectivity index (χ4n) is 2.14. The molecular formula is C16H17NO4. The summed E-state index contributed by atoms with van der Waals surface area (Å²) in [6.07, 6.45) is 2.04. The van der Waals surface area contributed by atoms with Crippen molar-refractivity contribution in [3.8, 4) is 0 Å². The molecule has 1 aromatic carbocycles. The average molecular weight is 287 g/mol. The predicted molar refractivity (Wildman–Crippen MR) is 76.9 cm³/mol. The molecule has 0 aliphatic heterocycles. The number of aryl methyl sites for hydroxylation is 1. The molecule has 0 atom stereocenters. The van der Waals surface area contributed by atoms with Crippen LogP contribution >= 0.6 is 0 Å². The van der Waals surface area contributed by atoms with Gasteiger partial charge in [-0.05, 0) is 11.6 Å².